The standard InChI is InChI=1S/C14H23N3O/c1-4-7-9-17(13(18)8-5-2)14-15-10-12(6-3)11-16-14/h10-11H,4-9H2,1-3H3. The van der Waals surface area contributed by atoms with Crippen molar-refractivity contribution in [3.63, 3.8) is 0 Å². The molecule has 1 heterocycles. The van der Waals surface area contributed by atoms with Crippen LogP contribution in [0.15, 0.2) is 12.4 Å². The maximum atomic E-state index is 12.0. The Balaban J connectivity index is 2.82. The molecule has 0 aromatic carbocycles. The van der Waals surface area contributed by atoms with Crippen molar-refractivity contribution in [1.29, 1.82) is 0 Å². The molecular formula is C14H23N3O. The van der Waals surface area contributed by atoms with Gasteiger partial charge in [0.15, 0.2) is 0 Å². The van der Waals surface area contributed by atoms with E-state index >= 15 is 0 Å². The topological polar surface area (TPSA) is 46.1 Å². The van der Waals surface area contributed by atoms with Gasteiger partial charge in [-0.1, -0.05) is 27.2 Å². The van der Waals surface area contributed by atoms with Gasteiger partial charge in [0.05, 0.1) is 0 Å². The first-order chi connectivity index (χ1) is 8.72. The second-order valence-corrected chi connectivity index (χ2v) is 4.39. The minimum atomic E-state index is 0.121. The molecule has 18 heavy (non-hydrogen) atoms. The van der Waals surface area contributed by atoms with Crippen LogP contribution < -0.4 is 4.90 Å². The predicted octanol–water partition coefficient (Wildman–Crippen LogP) is 2.97. The fourth-order valence-corrected chi connectivity index (χ4v) is 1.67. The largest absolute Gasteiger partial charge is 0.281 e. The van der Waals surface area contributed by atoms with E-state index in [-0.39, 0.29) is 5.91 Å². The molecule has 0 atom stereocenters. The lowest BCUT2D eigenvalue weighted by molar-refractivity contribution is -0.118. The van der Waals surface area contributed by atoms with Gasteiger partial charge in [0.1, 0.15) is 0 Å². The second-order valence-electron chi connectivity index (χ2n) is 4.39. The van der Waals surface area contributed by atoms with Crippen LogP contribution in [0, 0.1) is 0 Å². The van der Waals surface area contributed by atoms with Gasteiger partial charge in [0, 0.05) is 25.4 Å². The molecule has 0 aliphatic carbocycles. The van der Waals surface area contributed by atoms with Gasteiger partial charge in [-0.25, -0.2) is 9.97 Å². The minimum Gasteiger partial charge on any atom is -0.281 e. The maximum absolute atomic E-state index is 12.0. The molecule has 1 aromatic rings. The molecule has 0 radical (unpaired) electrons. The van der Waals surface area contributed by atoms with Gasteiger partial charge in [0.2, 0.25) is 11.9 Å². The summed E-state index contributed by atoms with van der Waals surface area (Å²) in [6.07, 6.45) is 7.98. The molecule has 1 aromatic heterocycles. The van der Waals surface area contributed by atoms with Crippen molar-refractivity contribution in [3.8, 4) is 0 Å². The van der Waals surface area contributed by atoms with Crippen LogP contribution in [-0.2, 0) is 11.2 Å². The van der Waals surface area contributed by atoms with Crippen molar-refractivity contribution in [3.05, 3.63) is 18.0 Å². The average Bonchev–Trinajstić information content (AvgIpc) is 2.40. The van der Waals surface area contributed by atoms with E-state index in [2.05, 4.69) is 23.8 Å². The number of nitrogens with zero attached hydrogens (tertiary/aromatic N) is 3. The molecule has 0 saturated heterocycles. The van der Waals surface area contributed by atoms with E-state index in [0.29, 0.717) is 18.9 Å². The Hall–Kier alpha value is -1.45. The van der Waals surface area contributed by atoms with Crippen molar-refractivity contribution in [1.82, 2.24) is 9.97 Å². The SMILES string of the molecule is CCCCN(C(=O)CCC)c1ncc(CC)cn1. The number of aromatic nitrogens is 2. The zero-order chi connectivity index (χ0) is 13.4. The summed E-state index contributed by atoms with van der Waals surface area (Å²) in [6.45, 7) is 6.90. The van der Waals surface area contributed by atoms with E-state index < -0.39 is 0 Å². The summed E-state index contributed by atoms with van der Waals surface area (Å²) in [6, 6.07) is 0. The number of anilines is 1. The molecule has 4 heteroatoms. The molecule has 1 rings (SSSR count). The smallest absolute Gasteiger partial charge is 0.232 e. The lowest BCUT2D eigenvalue weighted by atomic mass is 10.2. The molecular weight excluding hydrogens is 226 g/mol. The van der Waals surface area contributed by atoms with Crippen molar-refractivity contribution in [2.45, 2.75) is 52.9 Å². The number of amides is 1. The third-order valence-corrected chi connectivity index (χ3v) is 2.84. The molecule has 0 spiro atoms. The molecule has 4 nitrogen and oxygen atoms in total. The Morgan fingerprint density at radius 3 is 2.33 bits per heavy atom. The van der Waals surface area contributed by atoms with Crippen LogP contribution in [0.3, 0.4) is 0 Å². The molecule has 0 saturated carbocycles. The van der Waals surface area contributed by atoms with Crippen LogP contribution in [0.1, 0.15) is 52.0 Å². The second kappa shape index (κ2) is 7.80. The van der Waals surface area contributed by atoms with E-state index in [1.165, 1.54) is 0 Å². The number of hydrogen-bond donors (Lipinski definition) is 0. The van der Waals surface area contributed by atoms with E-state index in [1.807, 2.05) is 6.92 Å². The van der Waals surface area contributed by atoms with Crippen molar-refractivity contribution in [2.24, 2.45) is 0 Å². The summed E-state index contributed by atoms with van der Waals surface area (Å²) in [5.74, 6) is 0.661. The highest BCUT2D eigenvalue weighted by atomic mass is 16.2. The normalized spacial score (nSPS) is 10.4. The lowest BCUT2D eigenvalue weighted by Crippen LogP contribution is -2.33. The van der Waals surface area contributed by atoms with Gasteiger partial charge in [-0.05, 0) is 24.8 Å². The van der Waals surface area contributed by atoms with Crippen molar-refractivity contribution >= 4 is 11.9 Å². The van der Waals surface area contributed by atoms with Gasteiger partial charge >= 0.3 is 0 Å². The van der Waals surface area contributed by atoms with Crippen LogP contribution in [-0.4, -0.2) is 22.4 Å². The van der Waals surface area contributed by atoms with Gasteiger partial charge in [-0.2, -0.15) is 0 Å². The van der Waals surface area contributed by atoms with Crippen molar-refractivity contribution < 1.29 is 4.79 Å². The number of aryl methyl sites for hydroxylation is 1. The van der Waals surface area contributed by atoms with E-state index in [9.17, 15) is 4.79 Å². The Bertz CT molecular complexity index is 362. The fraction of sp³-hybridized carbons (Fsp3) is 0.643. The summed E-state index contributed by atoms with van der Waals surface area (Å²) in [7, 11) is 0. The number of carbonyl (C=O) groups is 1. The quantitative estimate of drug-likeness (QED) is 0.746. The van der Waals surface area contributed by atoms with Gasteiger partial charge < -0.3 is 0 Å². The third-order valence-electron chi connectivity index (χ3n) is 2.84. The fourth-order valence-electron chi connectivity index (χ4n) is 1.67. The number of hydrogen-bond acceptors (Lipinski definition) is 3. The highest BCUT2D eigenvalue weighted by molar-refractivity contribution is 5.91. The molecule has 0 bridgehead atoms. The number of rotatable bonds is 7. The Kier molecular flexibility index (Phi) is 6.33. The highest BCUT2D eigenvalue weighted by Crippen LogP contribution is 2.11. The molecule has 0 N–H and O–H groups in total. The zero-order valence-corrected chi connectivity index (χ0v) is 11.6. The van der Waals surface area contributed by atoms with Crippen LogP contribution >= 0.6 is 0 Å². The number of unbranched alkanes of at least 4 members (excludes halogenated alkanes) is 1. The predicted molar refractivity (Wildman–Crippen MR) is 73.6 cm³/mol. The maximum Gasteiger partial charge on any atom is 0.232 e. The van der Waals surface area contributed by atoms with E-state index in [1.54, 1.807) is 17.3 Å². The Morgan fingerprint density at radius 2 is 1.83 bits per heavy atom. The molecule has 1 amide bonds. The lowest BCUT2D eigenvalue weighted by Gasteiger charge is -2.20. The van der Waals surface area contributed by atoms with Gasteiger partial charge in [0.25, 0.3) is 0 Å². The first-order valence-corrected chi connectivity index (χ1v) is 6.84. The van der Waals surface area contributed by atoms with E-state index in [4.69, 9.17) is 0 Å². The van der Waals surface area contributed by atoms with Crippen LogP contribution in [0.5, 0.6) is 0 Å². The Morgan fingerprint density at radius 1 is 1.17 bits per heavy atom. The van der Waals surface area contributed by atoms with Gasteiger partial charge in [-0.15, -0.1) is 0 Å². The molecule has 0 unspecified atom stereocenters. The molecule has 0 fully saturated rings. The minimum absolute atomic E-state index is 0.121. The molecule has 100 valence electrons. The van der Waals surface area contributed by atoms with Crippen molar-refractivity contribution in [2.75, 3.05) is 11.4 Å². The Labute approximate surface area is 109 Å². The summed E-state index contributed by atoms with van der Waals surface area (Å²) in [5.41, 5.74) is 1.09. The van der Waals surface area contributed by atoms with Gasteiger partial charge in [-0.3, -0.25) is 9.69 Å². The average molecular weight is 249 g/mol. The van der Waals surface area contributed by atoms with Crippen LogP contribution in [0.2, 0.25) is 0 Å². The first-order valence-electron chi connectivity index (χ1n) is 6.84. The summed E-state index contributed by atoms with van der Waals surface area (Å²) < 4.78 is 0. The van der Waals surface area contributed by atoms with Crippen LogP contribution in [0.25, 0.3) is 0 Å². The highest BCUT2D eigenvalue weighted by Gasteiger charge is 2.16. The molecule has 0 aliphatic rings. The monoisotopic (exact) mass is 249 g/mol. The first kappa shape index (κ1) is 14.6. The van der Waals surface area contributed by atoms with Crippen LogP contribution in [0.4, 0.5) is 5.95 Å². The third kappa shape index (κ3) is 4.09. The molecule has 0 aliphatic heterocycles. The summed E-state index contributed by atoms with van der Waals surface area (Å²) in [5, 5.41) is 0. The zero-order valence-electron chi connectivity index (χ0n) is 11.6. The summed E-state index contributed by atoms with van der Waals surface area (Å²) in [4.78, 5) is 22.4. The number of carbonyl (C=O) groups excluding carboxylic acids is 1. The van der Waals surface area contributed by atoms with E-state index in [0.717, 1.165) is 31.2 Å². The summed E-state index contributed by atoms with van der Waals surface area (Å²) >= 11 is 0.